The van der Waals surface area contributed by atoms with Gasteiger partial charge in [0.1, 0.15) is 16.9 Å². The monoisotopic (exact) mass is 482 g/mol. The van der Waals surface area contributed by atoms with Crippen LogP contribution >= 0.6 is 22.9 Å². The molecule has 33 heavy (non-hydrogen) atoms. The summed E-state index contributed by atoms with van der Waals surface area (Å²) in [6.07, 6.45) is 0.887. The Hall–Kier alpha value is -2.84. The number of hydrogen-bond donors (Lipinski definition) is 1. The van der Waals surface area contributed by atoms with Crippen LogP contribution in [0, 0.1) is 0 Å². The highest BCUT2D eigenvalue weighted by molar-refractivity contribution is 7.22. The number of aromatic nitrogens is 1. The number of β-amino-alcohol motifs (C(OH)–C–C–N with tert-alkyl or cyclic N) is 1. The molecule has 0 bridgehead atoms. The number of hydrogen-bond acceptors (Lipinski definition) is 6. The predicted molar refractivity (Wildman–Crippen MR) is 132 cm³/mol. The van der Waals surface area contributed by atoms with Crippen molar-refractivity contribution in [2.45, 2.75) is 12.2 Å². The molecule has 0 spiro atoms. The number of nitrogens with zero attached hydrogens (tertiary/aromatic N) is 2. The minimum absolute atomic E-state index is 0.0960. The van der Waals surface area contributed by atoms with E-state index in [0.29, 0.717) is 40.0 Å². The van der Waals surface area contributed by atoms with Gasteiger partial charge in [-0.3, -0.25) is 14.3 Å². The molecule has 170 valence electrons. The van der Waals surface area contributed by atoms with Gasteiger partial charge in [0.15, 0.2) is 11.5 Å². The van der Waals surface area contributed by atoms with Crippen molar-refractivity contribution < 1.29 is 14.6 Å². The molecule has 1 N–H and O–H groups in total. The Kier molecular flexibility index (Phi) is 5.88. The molecule has 2 aromatic carbocycles. The summed E-state index contributed by atoms with van der Waals surface area (Å²) in [6, 6.07) is 16.9. The number of thiophene rings is 1. The third kappa shape index (κ3) is 4.25. The van der Waals surface area contributed by atoms with E-state index >= 15 is 0 Å². The second-order valence-corrected chi connectivity index (χ2v) is 9.66. The summed E-state index contributed by atoms with van der Waals surface area (Å²) in [5.41, 5.74) is 1.60. The van der Waals surface area contributed by atoms with Crippen LogP contribution in [0.25, 0.3) is 26.2 Å². The maximum Gasteiger partial charge on any atom is 0.273 e. The Morgan fingerprint density at radius 2 is 1.85 bits per heavy atom. The fourth-order valence-electron chi connectivity index (χ4n) is 4.11. The average Bonchev–Trinajstić information content (AvgIpc) is 3.38. The Morgan fingerprint density at radius 1 is 1.06 bits per heavy atom. The van der Waals surface area contributed by atoms with Gasteiger partial charge in [0.25, 0.3) is 5.56 Å². The van der Waals surface area contributed by atoms with Crippen LogP contribution in [0.15, 0.2) is 65.6 Å². The number of aliphatic hydroxyl groups is 1. The van der Waals surface area contributed by atoms with Crippen molar-refractivity contribution in [1.82, 2.24) is 9.47 Å². The first-order chi connectivity index (χ1) is 15.9. The Morgan fingerprint density at radius 3 is 2.55 bits per heavy atom. The highest BCUT2D eigenvalue weighted by Crippen LogP contribution is 2.34. The van der Waals surface area contributed by atoms with Crippen molar-refractivity contribution in [3.05, 3.63) is 76.2 Å². The number of benzene rings is 2. The van der Waals surface area contributed by atoms with Crippen molar-refractivity contribution >= 4 is 33.0 Å². The maximum atomic E-state index is 13.3. The van der Waals surface area contributed by atoms with E-state index in [4.69, 9.17) is 21.1 Å². The third-order valence-electron chi connectivity index (χ3n) is 5.83. The topological polar surface area (TPSA) is 63.9 Å². The standard InChI is InChI=1S/C25H23ClN2O4S/c1-27-13-19(29)22(14-27)32-20-8-7-18(12-21(20)31-2)28-10-9-16-11-23(33-24(16)25(28)30)15-3-5-17(26)6-4-15/h3-12,19,22,29H,13-14H2,1-2H3/t19-,22-/m1/s1. The van der Waals surface area contributed by atoms with Gasteiger partial charge < -0.3 is 14.6 Å². The number of pyridine rings is 1. The number of ether oxygens (including phenoxy) is 2. The van der Waals surface area contributed by atoms with Gasteiger partial charge in [-0.05, 0) is 49.0 Å². The van der Waals surface area contributed by atoms with Crippen molar-refractivity contribution in [2.24, 2.45) is 0 Å². The first kappa shape index (κ1) is 22.0. The first-order valence-electron chi connectivity index (χ1n) is 10.6. The van der Waals surface area contributed by atoms with Crippen LogP contribution in [-0.2, 0) is 0 Å². The highest BCUT2D eigenvalue weighted by atomic mass is 35.5. The van der Waals surface area contributed by atoms with Crippen molar-refractivity contribution in [3.8, 4) is 27.6 Å². The highest BCUT2D eigenvalue weighted by Gasteiger charge is 2.31. The van der Waals surface area contributed by atoms with Gasteiger partial charge in [0.2, 0.25) is 0 Å². The summed E-state index contributed by atoms with van der Waals surface area (Å²) in [7, 11) is 3.51. The molecule has 1 aliphatic heterocycles. The summed E-state index contributed by atoms with van der Waals surface area (Å²) in [4.78, 5) is 16.3. The molecule has 1 saturated heterocycles. The lowest BCUT2D eigenvalue weighted by atomic mass is 10.2. The van der Waals surface area contributed by atoms with Crippen LogP contribution < -0.4 is 15.0 Å². The second kappa shape index (κ2) is 8.83. The van der Waals surface area contributed by atoms with Gasteiger partial charge >= 0.3 is 0 Å². The lowest BCUT2D eigenvalue weighted by Gasteiger charge is -2.19. The molecule has 5 rings (SSSR count). The lowest BCUT2D eigenvalue weighted by molar-refractivity contribution is 0.0717. The largest absolute Gasteiger partial charge is 0.493 e. The molecule has 0 radical (unpaired) electrons. The van der Waals surface area contributed by atoms with E-state index in [1.165, 1.54) is 11.3 Å². The number of likely N-dealkylation sites (tertiary alicyclic amines) is 1. The van der Waals surface area contributed by atoms with Gasteiger partial charge in [-0.25, -0.2) is 0 Å². The molecule has 0 unspecified atom stereocenters. The maximum absolute atomic E-state index is 13.3. The van der Waals surface area contributed by atoms with Gasteiger partial charge in [-0.15, -0.1) is 11.3 Å². The fourth-order valence-corrected chi connectivity index (χ4v) is 5.33. The van der Waals surface area contributed by atoms with E-state index in [0.717, 1.165) is 15.8 Å². The second-order valence-electron chi connectivity index (χ2n) is 8.17. The normalized spacial score (nSPS) is 18.7. The summed E-state index contributed by atoms with van der Waals surface area (Å²) in [5.74, 6) is 1.05. The summed E-state index contributed by atoms with van der Waals surface area (Å²) in [6.45, 7) is 1.20. The smallest absolute Gasteiger partial charge is 0.273 e. The van der Waals surface area contributed by atoms with E-state index in [9.17, 15) is 9.90 Å². The summed E-state index contributed by atoms with van der Waals surface area (Å²) in [5, 5.41) is 11.8. The molecule has 6 nitrogen and oxygen atoms in total. The minimum atomic E-state index is -0.557. The van der Waals surface area contributed by atoms with E-state index < -0.39 is 6.10 Å². The van der Waals surface area contributed by atoms with Crippen LogP contribution in [0.1, 0.15) is 0 Å². The van der Waals surface area contributed by atoms with Crippen LogP contribution in [0.5, 0.6) is 11.5 Å². The molecule has 0 saturated carbocycles. The number of halogens is 1. The molecule has 1 aliphatic rings. The fraction of sp³-hybridized carbons (Fsp3) is 0.240. The number of aliphatic hydroxyl groups excluding tert-OH is 1. The first-order valence-corrected chi connectivity index (χ1v) is 11.7. The Labute approximate surface area is 200 Å². The Balaban J connectivity index is 1.49. The molecule has 0 aliphatic carbocycles. The van der Waals surface area contributed by atoms with Crippen LogP contribution in [0.4, 0.5) is 0 Å². The van der Waals surface area contributed by atoms with E-state index in [1.54, 1.807) is 30.0 Å². The molecule has 2 atom stereocenters. The lowest BCUT2D eigenvalue weighted by Crippen LogP contribution is -2.30. The molecule has 8 heteroatoms. The van der Waals surface area contributed by atoms with Crippen LogP contribution in [0.2, 0.25) is 5.02 Å². The SMILES string of the molecule is COc1cc(-n2ccc3cc(-c4ccc(Cl)cc4)sc3c2=O)ccc1O[C@@H]1CN(C)C[C@H]1O. The molecule has 4 aromatic rings. The van der Waals surface area contributed by atoms with Crippen LogP contribution in [-0.4, -0.2) is 54.0 Å². The number of fused-ring (bicyclic) bond motifs is 1. The quantitative estimate of drug-likeness (QED) is 0.456. The predicted octanol–water partition coefficient (Wildman–Crippen LogP) is 4.43. The molecule has 1 fully saturated rings. The third-order valence-corrected chi connectivity index (χ3v) is 7.27. The van der Waals surface area contributed by atoms with Gasteiger partial charge in [0.05, 0.1) is 12.8 Å². The van der Waals surface area contributed by atoms with E-state index in [2.05, 4.69) is 0 Å². The van der Waals surface area contributed by atoms with Gasteiger partial charge in [0, 0.05) is 40.6 Å². The van der Waals surface area contributed by atoms with Crippen molar-refractivity contribution in [3.63, 3.8) is 0 Å². The number of rotatable bonds is 5. The minimum Gasteiger partial charge on any atom is -0.493 e. The zero-order valence-electron chi connectivity index (χ0n) is 18.2. The molecule has 2 aromatic heterocycles. The van der Waals surface area contributed by atoms with E-state index in [1.807, 2.05) is 54.4 Å². The average molecular weight is 483 g/mol. The molecular weight excluding hydrogens is 460 g/mol. The molecule has 3 heterocycles. The van der Waals surface area contributed by atoms with Gasteiger partial charge in [-0.2, -0.15) is 0 Å². The Bertz CT molecular complexity index is 1370. The van der Waals surface area contributed by atoms with E-state index in [-0.39, 0.29) is 11.7 Å². The number of methoxy groups -OCH3 is 1. The van der Waals surface area contributed by atoms with Gasteiger partial charge in [-0.1, -0.05) is 23.7 Å². The molecular formula is C25H23ClN2O4S. The number of likely N-dealkylation sites (N-methyl/N-ethyl adjacent to an activating group) is 1. The molecule has 0 amide bonds. The van der Waals surface area contributed by atoms with Crippen molar-refractivity contribution in [1.29, 1.82) is 0 Å². The zero-order chi connectivity index (χ0) is 23.1. The summed E-state index contributed by atoms with van der Waals surface area (Å²) < 4.78 is 13.8. The zero-order valence-corrected chi connectivity index (χ0v) is 19.8. The summed E-state index contributed by atoms with van der Waals surface area (Å²) >= 11 is 7.47. The van der Waals surface area contributed by atoms with Crippen LogP contribution in [0.3, 0.4) is 0 Å². The van der Waals surface area contributed by atoms with Crippen molar-refractivity contribution in [2.75, 3.05) is 27.2 Å².